The Kier molecular flexibility index (Phi) is 6.12. The van der Waals surface area contributed by atoms with Crippen LogP contribution in [0.2, 0.25) is 0 Å². The average Bonchev–Trinajstić information content (AvgIpc) is 3.17. The van der Waals surface area contributed by atoms with Crippen molar-refractivity contribution < 1.29 is 12.8 Å². The third kappa shape index (κ3) is 4.69. The third-order valence-corrected chi connectivity index (χ3v) is 7.36. The van der Waals surface area contributed by atoms with Crippen LogP contribution in [0.25, 0.3) is 0 Å². The normalized spacial score (nSPS) is 14.5. The number of halogens is 1. The summed E-state index contributed by atoms with van der Waals surface area (Å²) in [6, 6.07) is 10.0. The van der Waals surface area contributed by atoms with Gasteiger partial charge in [-0.15, -0.1) is 0 Å². The van der Waals surface area contributed by atoms with E-state index in [1.807, 2.05) is 6.07 Å². The second-order valence-electron chi connectivity index (χ2n) is 7.39. The molecule has 9 heteroatoms. The molecule has 6 nitrogen and oxygen atoms in total. The first-order valence-corrected chi connectivity index (χ1v) is 12.2. The van der Waals surface area contributed by atoms with Crippen LogP contribution >= 0.6 is 11.5 Å². The monoisotopic (exact) mass is 446 g/mol. The molecule has 0 spiro atoms. The predicted octanol–water partition coefficient (Wildman–Crippen LogP) is 3.78. The molecule has 0 radical (unpaired) electrons. The standard InChI is InChI=1S/C21H23FN4O2S2/c1-15-20(6-7-21(24-15)30(27,28)14-17-8-11-29-25-17)23-12-18-16(4-2-5-19(18)22)13-26-9-3-10-26/h2,4-8,11,23H,3,9-10,12-14H2,1H3. The molecule has 1 fully saturated rings. The van der Waals surface area contributed by atoms with Gasteiger partial charge in [0.1, 0.15) is 5.82 Å². The van der Waals surface area contributed by atoms with Gasteiger partial charge in [-0.05, 0) is 67.8 Å². The van der Waals surface area contributed by atoms with Crippen molar-refractivity contribution in [3.05, 3.63) is 70.1 Å². The number of hydrogen-bond acceptors (Lipinski definition) is 7. The number of sulfone groups is 1. The van der Waals surface area contributed by atoms with E-state index < -0.39 is 9.84 Å². The lowest BCUT2D eigenvalue weighted by Gasteiger charge is -2.31. The van der Waals surface area contributed by atoms with Crippen molar-refractivity contribution in [2.45, 2.75) is 37.2 Å². The molecule has 1 N–H and O–H groups in total. The van der Waals surface area contributed by atoms with E-state index in [1.54, 1.807) is 30.5 Å². The minimum Gasteiger partial charge on any atom is -0.379 e. The first-order chi connectivity index (χ1) is 14.4. The molecule has 0 amide bonds. The van der Waals surface area contributed by atoms with Gasteiger partial charge in [0.05, 0.1) is 22.8 Å². The Bertz CT molecular complexity index is 1130. The summed E-state index contributed by atoms with van der Waals surface area (Å²) in [5.74, 6) is -0.418. The second-order valence-corrected chi connectivity index (χ2v) is 10.00. The number of nitrogens with zero attached hydrogens (tertiary/aromatic N) is 3. The Morgan fingerprint density at radius 2 is 2.03 bits per heavy atom. The molecule has 3 aromatic rings. The maximum atomic E-state index is 14.5. The Balaban J connectivity index is 1.48. The minimum absolute atomic E-state index is 0.0166. The number of likely N-dealkylation sites (tertiary alicyclic amines) is 1. The molecule has 0 atom stereocenters. The van der Waals surface area contributed by atoms with E-state index in [0.29, 0.717) is 29.2 Å². The number of aromatic nitrogens is 2. The molecule has 1 aliphatic rings. The summed E-state index contributed by atoms with van der Waals surface area (Å²) in [5, 5.41) is 4.98. The van der Waals surface area contributed by atoms with Crippen molar-refractivity contribution in [2.24, 2.45) is 0 Å². The molecule has 1 aromatic carbocycles. The van der Waals surface area contributed by atoms with Crippen molar-refractivity contribution in [3.8, 4) is 0 Å². The lowest BCUT2D eigenvalue weighted by Crippen LogP contribution is -2.36. The van der Waals surface area contributed by atoms with Crippen LogP contribution in [-0.4, -0.2) is 35.8 Å². The molecular formula is C21H23FN4O2S2. The first kappa shape index (κ1) is 20.9. The largest absolute Gasteiger partial charge is 0.379 e. The zero-order valence-corrected chi connectivity index (χ0v) is 18.3. The van der Waals surface area contributed by atoms with E-state index in [9.17, 15) is 12.8 Å². The maximum absolute atomic E-state index is 14.5. The highest BCUT2D eigenvalue weighted by atomic mass is 32.2. The molecular weight excluding hydrogens is 423 g/mol. The average molecular weight is 447 g/mol. The van der Waals surface area contributed by atoms with Gasteiger partial charge in [0.15, 0.2) is 5.03 Å². The Morgan fingerprint density at radius 1 is 1.20 bits per heavy atom. The second kappa shape index (κ2) is 8.79. The summed E-state index contributed by atoms with van der Waals surface area (Å²) in [7, 11) is -3.57. The molecule has 0 aliphatic carbocycles. The first-order valence-electron chi connectivity index (χ1n) is 9.74. The summed E-state index contributed by atoms with van der Waals surface area (Å²) in [6.07, 6.45) is 1.19. The number of anilines is 1. The highest BCUT2D eigenvalue weighted by Gasteiger charge is 2.20. The summed E-state index contributed by atoms with van der Waals surface area (Å²) >= 11 is 1.22. The van der Waals surface area contributed by atoms with Gasteiger partial charge < -0.3 is 5.32 Å². The molecule has 3 heterocycles. The predicted molar refractivity (Wildman–Crippen MR) is 116 cm³/mol. The van der Waals surface area contributed by atoms with Crippen LogP contribution in [-0.2, 0) is 28.7 Å². The highest BCUT2D eigenvalue weighted by molar-refractivity contribution is 7.90. The van der Waals surface area contributed by atoms with Gasteiger partial charge in [-0.3, -0.25) is 4.90 Å². The van der Waals surface area contributed by atoms with E-state index in [0.717, 1.165) is 25.2 Å². The zero-order valence-electron chi connectivity index (χ0n) is 16.6. The topological polar surface area (TPSA) is 75.2 Å². The van der Waals surface area contributed by atoms with Crippen LogP contribution in [0.15, 0.2) is 46.8 Å². The number of pyridine rings is 1. The highest BCUT2D eigenvalue weighted by Crippen LogP contribution is 2.23. The van der Waals surface area contributed by atoms with Crippen molar-refractivity contribution >= 4 is 27.1 Å². The van der Waals surface area contributed by atoms with Gasteiger partial charge in [0.25, 0.3) is 0 Å². The fourth-order valence-electron chi connectivity index (χ4n) is 3.39. The number of benzene rings is 1. The van der Waals surface area contributed by atoms with Crippen molar-refractivity contribution in [1.82, 2.24) is 14.3 Å². The number of aryl methyl sites for hydroxylation is 1. The SMILES string of the molecule is Cc1nc(S(=O)(=O)Cc2ccsn2)ccc1NCc1c(F)cccc1CN1CCC1. The molecule has 1 aliphatic heterocycles. The smallest absolute Gasteiger partial charge is 0.201 e. The van der Waals surface area contributed by atoms with Gasteiger partial charge in [-0.2, -0.15) is 4.37 Å². The van der Waals surface area contributed by atoms with Crippen LogP contribution in [0.4, 0.5) is 10.1 Å². The van der Waals surface area contributed by atoms with Crippen molar-refractivity contribution in [1.29, 1.82) is 0 Å². The van der Waals surface area contributed by atoms with Crippen LogP contribution in [0.1, 0.15) is 28.9 Å². The number of rotatable bonds is 8. The number of hydrogen-bond donors (Lipinski definition) is 1. The summed E-state index contributed by atoms with van der Waals surface area (Å²) in [6.45, 7) is 4.88. The van der Waals surface area contributed by atoms with Crippen molar-refractivity contribution in [3.63, 3.8) is 0 Å². The van der Waals surface area contributed by atoms with E-state index in [2.05, 4.69) is 19.6 Å². The Morgan fingerprint density at radius 3 is 2.70 bits per heavy atom. The Hall–Kier alpha value is -2.36. The molecule has 0 bridgehead atoms. The molecule has 1 saturated heterocycles. The lowest BCUT2D eigenvalue weighted by molar-refractivity contribution is 0.172. The number of nitrogens with one attached hydrogen (secondary N) is 1. The fourth-order valence-corrected chi connectivity index (χ4v) is 5.26. The van der Waals surface area contributed by atoms with Gasteiger partial charge in [0, 0.05) is 24.0 Å². The van der Waals surface area contributed by atoms with Crippen LogP contribution < -0.4 is 5.32 Å². The molecule has 0 saturated carbocycles. The molecule has 2 aromatic heterocycles. The Labute approximate surface area is 179 Å². The van der Waals surface area contributed by atoms with E-state index in [-0.39, 0.29) is 16.6 Å². The quantitative estimate of drug-likeness (QED) is 0.568. The summed E-state index contributed by atoms with van der Waals surface area (Å²) in [5.41, 5.74) is 3.34. The fraction of sp³-hybridized carbons (Fsp3) is 0.333. The van der Waals surface area contributed by atoms with Crippen LogP contribution in [0.3, 0.4) is 0 Å². The molecule has 4 rings (SSSR count). The van der Waals surface area contributed by atoms with Gasteiger partial charge in [-0.1, -0.05) is 12.1 Å². The molecule has 0 unspecified atom stereocenters. The van der Waals surface area contributed by atoms with E-state index in [1.165, 1.54) is 30.1 Å². The van der Waals surface area contributed by atoms with Crippen LogP contribution in [0, 0.1) is 12.7 Å². The van der Waals surface area contributed by atoms with E-state index >= 15 is 0 Å². The minimum atomic E-state index is -3.57. The third-order valence-electron chi connectivity index (χ3n) is 5.22. The van der Waals surface area contributed by atoms with Crippen LogP contribution in [0.5, 0.6) is 0 Å². The molecule has 158 valence electrons. The maximum Gasteiger partial charge on any atom is 0.201 e. The lowest BCUT2D eigenvalue weighted by atomic mass is 10.0. The summed E-state index contributed by atoms with van der Waals surface area (Å²) < 4.78 is 43.7. The zero-order chi connectivity index (χ0) is 21.1. The summed E-state index contributed by atoms with van der Waals surface area (Å²) in [4.78, 5) is 6.56. The van der Waals surface area contributed by atoms with Gasteiger partial charge >= 0.3 is 0 Å². The van der Waals surface area contributed by atoms with Gasteiger partial charge in [-0.25, -0.2) is 17.8 Å². The van der Waals surface area contributed by atoms with Crippen molar-refractivity contribution in [2.75, 3.05) is 18.4 Å². The van der Waals surface area contributed by atoms with E-state index in [4.69, 9.17) is 0 Å². The van der Waals surface area contributed by atoms with Gasteiger partial charge in [0.2, 0.25) is 9.84 Å². The molecule has 30 heavy (non-hydrogen) atoms.